The summed E-state index contributed by atoms with van der Waals surface area (Å²) in [5.41, 5.74) is 1.09. The predicted octanol–water partition coefficient (Wildman–Crippen LogP) is 2.38. The molecule has 0 saturated heterocycles. The molecule has 0 atom stereocenters. The number of amides is 2. The van der Waals surface area contributed by atoms with E-state index >= 15 is 0 Å². The average Bonchev–Trinajstić information content (AvgIpc) is 2.99. The Hall–Kier alpha value is -1.75. The fourth-order valence-electron chi connectivity index (χ4n) is 1.40. The zero-order chi connectivity index (χ0) is 11.9. The van der Waals surface area contributed by atoms with Crippen LogP contribution in [0.25, 0.3) is 0 Å². The third kappa shape index (κ3) is 3.96. The summed E-state index contributed by atoms with van der Waals surface area (Å²) in [6.07, 6.45) is 4.10. The van der Waals surface area contributed by atoms with Crippen LogP contribution in [0.1, 0.15) is 10.4 Å². The highest BCUT2D eigenvalue weighted by molar-refractivity contribution is 7.09. The second-order valence-electron chi connectivity index (χ2n) is 3.57. The normalized spacial score (nSPS) is 10.1. The first-order chi connectivity index (χ1) is 8.34. The van der Waals surface area contributed by atoms with Gasteiger partial charge in [-0.05, 0) is 29.5 Å². The minimum atomic E-state index is -0.137. The van der Waals surface area contributed by atoms with Gasteiger partial charge in [0, 0.05) is 11.4 Å². The lowest BCUT2D eigenvalue weighted by Gasteiger charge is -2.05. The van der Waals surface area contributed by atoms with Gasteiger partial charge in [0.25, 0.3) is 0 Å². The molecule has 0 saturated carbocycles. The number of carbonyl (C=O) groups is 1. The zero-order valence-corrected chi connectivity index (χ0v) is 10.1. The molecule has 0 fully saturated rings. The first-order valence-electron chi connectivity index (χ1n) is 5.40. The number of hydrogen-bond acceptors (Lipinski definition) is 3. The predicted molar refractivity (Wildman–Crippen MR) is 67.0 cm³/mol. The second-order valence-corrected chi connectivity index (χ2v) is 4.60. The summed E-state index contributed by atoms with van der Waals surface area (Å²) < 4.78 is 4.94. The van der Waals surface area contributed by atoms with E-state index in [4.69, 9.17) is 4.42 Å². The Morgan fingerprint density at radius 2 is 2.29 bits per heavy atom. The van der Waals surface area contributed by atoms with Crippen molar-refractivity contribution in [2.24, 2.45) is 0 Å². The molecule has 0 aliphatic carbocycles. The fourth-order valence-corrected chi connectivity index (χ4v) is 2.04. The Kier molecular flexibility index (Phi) is 4.21. The monoisotopic (exact) mass is 250 g/mol. The number of furan rings is 1. The summed E-state index contributed by atoms with van der Waals surface area (Å²) >= 11 is 1.63. The highest BCUT2D eigenvalue weighted by atomic mass is 32.1. The van der Waals surface area contributed by atoms with E-state index in [-0.39, 0.29) is 6.03 Å². The smallest absolute Gasteiger partial charge is 0.315 e. The van der Waals surface area contributed by atoms with Gasteiger partial charge in [-0.15, -0.1) is 11.3 Å². The number of carbonyl (C=O) groups excluding carboxylic acids is 1. The maximum absolute atomic E-state index is 11.4. The van der Waals surface area contributed by atoms with Crippen LogP contribution < -0.4 is 10.6 Å². The molecule has 17 heavy (non-hydrogen) atoms. The van der Waals surface area contributed by atoms with Gasteiger partial charge in [0.1, 0.15) is 0 Å². The van der Waals surface area contributed by atoms with Crippen LogP contribution in [0.2, 0.25) is 0 Å². The standard InChI is InChI=1S/C12H14N2O2S/c15-12(14-8-11-2-1-7-17-11)13-5-3-10-4-6-16-9-10/h1-2,4,6-7,9H,3,5,8H2,(H2,13,14,15). The number of rotatable bonds is 5. The first-order valence-corrected chi connectivity index (χ1v) is 6.28. The number of urea groups is 1. The molecule has 0 spiro atoms. The number of nitrogens with one attached hydrogen (secondary N) is 2. The molecule has 2 heterocycles. The molecule has 0 aliphatic rings. The van der Waals surface area contributed by atoms with Crippen LogP contribution in [-0.2, 0) is 13.0 Å². The van der Waals surface area contributed by atoms with E-state index in [1.54, 1.807) is 23.9 Å². The van der Waals surface area contributed by atoms with Crippen LogP contribution in [0.15, 0.2) is 40.5 Å². The lowest BCUT2D eigenvalue weighted by Crippen LogP contribution is -2.35. The SMILES string of the molecule is O=C(NCCc1ccoc1)NCc1cccs1. The van der Waals surface area contributed by atoms with Crippen LogP contribution in [-0.4, -0.2) is 12.6 Å². The molecule has 0 aliphatic heterocycles. The van der Waals surface area contributed by atoms with Crippen LogP contribution in [0.3, 0.4) is 0 Å². The summed E-state index contributed by atoms with van der Waals surface area (Å²) in [5, 5.41) is 7.59. The maximum Gasteiger partial charge on any atom is 0.315 e. The molecular weight excluding hydrogens is 236 g/mol. The molecular formula is C12H14N2O2S. The van der Waals surface area contributed by atoms with Gasteiger partial charge in [0.05, 0.1) is 19.1 Å². The summed E-state index contributed by atoms with van der Waals surface area (Å²) in [4.78, 5) is 12.6. The van der Waals surface area contributed by atoms with Crippen molar-refractivity contribution < 1.29 is 9.21 Å². The Balaban J connectivity index is 1.61. The molecule has 0 radical (unpaired) electrons. The van der Waals surface area contributed by atoms with Crippen molar-refractivity contribution in [3.05, 3.63) is 46.5 Å². The molecule has 0 bridgehead atoms. The minimum absolute atomic E-state index is 0.137. The second kappa shape index (κ2) is 6.10. The molecule has 2 rings (SSSR count). The Morgan fingerprint density at radius 3 is 3.00 bits per heavy atom. The topological polar surface area (TPSA) is 54.3 Å². The van der Waals surface area contributed by atoms with Crippen molar-refractivity contribution in [2.45, 2.75) is 13.0 Å². The highest BCUT2D eigenvalue weighted by Crippen LogP contribution is 2.07. The van der Waals surface area contributed by atoms with Crippen molar-refractivity contribution in [1.29, 1.82) is 0 Å². The summed E-state index contributed by atoms with van der Waals surface area (Å²) in [6, 6.07) is 5.72. The Bertz CT molecular complexity index is 437. The summed E-state index contributed by atoms with van der Waals surface area (Å²) in [7, 11) is 0. The van der Waals surface area contributed by atoms with Gasteiger partial charge >= 0.3 is 6.03 Å². The third-order valence-corrected chi connectivity index (χ3v) is 3.16. The van der Waals surface area contributed by atoms with Gasteiger partial charge in [-0.25, -0.2) is 4.79 Å². The van der Waals surface area contributed by atoms with E-state index in [9.17, 15) is 4.79 Å². The first kappa shape index (κ1) is 11.7. The van der Waals surface area contributed by atoms with Crippen molar-refractivity contribution in [2.75, 3.05) is 6.54 Å². The van der Waals surface area contributed by atoms with Gasteiger partial charge in [-0.1, -0.05) is 6.07 Å². The van der Waals surface area contributed by atoms with E-state index in [1.165, 1.54) is 0 Å². The van der Waals surface area contributed by atoms with Crippen LogP contribution in [0, 0.1) is 0 Å². The fraction of sp³-hybridized carbons (Fsp3) is 0.250. The van der Waals surface area contributed by atoms with E-state index < -0.39 is 0 Å². The molecule has 2 aromatic heterocycles. The van der Waals surface area contributed by atoms with E-state index in [0.29, 0.717) is 13.1 Å². The van der Waals surface area contributed by atoms with E-state index in [2.05, 4.69) is 10.6 Å². The maximum atomic E-state index is 11.4. The van der Waals surface area contributed by atoms with E-state index in [1.807, 2.05) is 23.6 Å². The molecule has 2 N–H and O–H groups in total. The van der Waals surface area contributed by atoms with Crippen molar-refractivity contribution in [3.8, 4) is 0 Å². The lowest BCUT2D eigenvalue weighted by atomic mass is 10.2. The van der Waals surface area contributed by atoms with Crippen LogP contribution in [0.4, 0.5) is 4.79 Å². The largest absolute Gasteiger partial charge is 0.472 e. The third-order valence-electron chi connectivity index (χ3n) is 2.28. The van der Waals surface area contributed by atoms with Gasteiger partial charge in [-0.2, -0.15) is 0 Å². The van der Waals surface area contributed by atoms with E-state index in [0.717, 1.165) is 16.9 Å². The Morgan fingerprint density at radius 1 is 1.35 bits per heavy atom. The van der Waals surface area contributed by atoms with Gasteiger partial charge in [0.15, 0.2) is 0 Å². The molecule has 2 amide bonds. The molecule has 90 valence electrons. The quantitative estimate of drug-likeness (QED) is 0.856. The van der Waals surface area contributed by atoms with Crippen LogP contribution in [0.5, 0.6) is 0 Å². The molecule has 5 heteroatoms. The molecule has 0 unspecified atom stereocenters. The lowest BCUT2D eigenvalue weighted by molar-refractivity contribution is 0.240. The van der Waals surface area contributed by atoms with Gasteiger partial charge in [0.2, 0.25) is 0 Å². The minimum Gasteiger partial charge on any atom is -0.472 e. The van der Waals surface area contributed by atoms with Crippen LogP contribution >= 0.6 is 11.3 Å². The Labute approximate surface area is 104 Å². The average molecular weight is 250 g/mol. The summed E-state index contributed by atoms with van der Waals surface area (Å²) in [5.74, 6) is 0. The zero-order valence-electron chi connectivity index (χ0n) is 9.31. The van der Waals surface area contributed by atoms with Crippen molar-refractivity contribution in [1.82, 2.24) is 10.6 Å². The number of thiophene rings is 1. The molecule has 0 aromatic carbocycles. The highest BCUT2D eigenvalue weighted by Gasteiger charge is 2.01. The summed E-state index contributed by atoms with van der Waals surface area (Å²) in [6.45, 7) is 1.19. The van der Waals surface area contributed by atoms with Gasteiger partial charge in [-0.3, -0.25) is 0 Å². The van der Waals surface area contributed by atoms with Gasteiger partial charge < -0.3 is 15.1 Å². The van der Waals surface area contributed by atoms with Crippen molar-refractivity contribution >= 4 is 17.4 Å². The molecule has 4 nitrogen and oxygen atoms in total. The van der Waals surface area contributed by atoms with Crippen molar-refractivity contribution in [3.63, 3.8) is 0 Å². The molecule has 2 aromatic rings. The number of hydrogen-bond donors (Lipinski definition) is 2.